The van der Waals surface area contributed by atoms with Crippen molar-refractivity contribution in [3.63, 3.8) is 0 Å². The van der Waals surface area contributed by atoms with E-state index in [1.54, 1.807) is 0 Å². The number of rotatable bonds is 9. The van der Waals surface area contributed by atoms with Gasteiger partial charge in [-0.2, -0.15) is 0 Å². The van der Waals surface area contributed by atoms with Crippen molar-refractivity contribution in [2.24, 2.45) is 0 Å². The van der Waals surface area contributed by atoms with Gasteiger partial charge in [0.15, 0.2) is 16.9 Å². The number of thiazole rings is 1. The van der Waals surface area contributed by atoms with E-state index >= 15 is 0 Å². The number of quaternary nitrogens is 1. The Morgan fingerprint density at radius 1 is 1.12 bits per heavy atom. The molecule has 2 atom stereocenters. The molecule has 2 aliphatic heterocycles. The average molecular weight is 564 g/mol. The van der Waals surface area contributed by atoms with Gasteiger partial charge < -0.3 is 14.2 Å². The van der Waals surface area contributed by atoms with Gasteiger partial charge in [-0.3, -0.25) is 15.4 Å². The molecule has 40 heavy (non-hydrogen) atoms. The molecular weight excluding hydrogens is 536 g/mol. The van der Waals surface area contributed by atoms with Gasteiger partial charge in [-0.15, -0.1) is 11.3 Å². The first-order chi connectivity index (χ1) is 19.3. The van der Waals surface area contributed by atoms with Crippen LogP contribution in [0.2, 0.25) is 0 Å². The van der Waals surface area contributed by atoms with Gasteiger partial charge in [0, 0.05) is 18.2 Å². The monoisotopic (exact) mass is 563 g/mol. The topological polar surface area (TPSA) is 133 Å². The number of hydrogen-bond donors (Lipinski definition) is 2. The van der Waals surface area contributed by atoms with Crippen molar-refractivity contribution in [3.05, 3.63) is 94.0 Å². The molecule has 2 N–H and O–H groups in total. The highest BCUT2D eigenvalue weighted by Crippen LogP contribution is 2.37. The van der Waals surface area contributed by atoms with E-state index in [1.165, 1.54) is 12.5 Å². The third-order valence-electron chi connectivity index (χ3n) is 6.87. The number of benzene rings is 2. The molecular formula is C28H27N4O7S+. The Kier molecular flexibility index (Phi) is 7.63. The van der Waals surface area contributed by atoms with E-state index in [0.29, 0.717) is 5.76 Å². The lowest BCUT2D eigenvalue weighted by Gasteiger charge is -2.33. The van der Waals surface area contributed by atoms with Gasteiger partial charge in [0.1, 0.15) is 6.54 Å². The molecule has 1 unspecified atom stereocenters. The van der Waals surface area contributed by atoms with Gasteiger partial charge in [-0.1, -0.05) is 59.1 Å². The number of urea groups is 1. The molecule has 12 heteroatoms. The van der Waals surface area contributed by atoms with Crippen LogP contribution in [-0.4, -0.2) is 59.8 Å². The van der Waals surface area contributed by atoms with Crippen LogP contribution in [0.15, 0.2) is 71.6 Å². The zero-order chi connectivity index (χ0) is 28.3. The van der Waals surface area contributed by atoms with E-state index in [-0.39, 0.29) is 42.9 Å². The van der Waals surface area contributed by atoms with E-state index in [2.05, 4.69) is 15.6 Å². The Hall–Kier alpha value is -4.55. The van der Waals surface area contributed by atoms with Crippen LogP contribution in [0.3, 0.4) is 0 Å². The van der Waals surface area contributed by atoms with Crippen LogP contribution in [0, 0.1) is 6.92 Å². The molecule has 1 aromatic heterocycles. The summed E-state index contributed by atoms with van der Waals surface area (Å²) < 4.78 is 15.3. The summed E-state index contributed by atoms with van der Waals surface area (Å²) in [6, 6.07) is 14.8. The summed E-state index contributed by atoms with van der Waals surface area (Å²) in [5, 5.41) is 6.88. The van der Waals surface area contributed by atoms with Gasteiger partial charge in [-0.05, 0) is 23.6 Å². The predicted octanol–water partition coefficient (Wildman–Crippen LogP) is 3.27. The highest BCUT2D eigenvalue weighted by Gasteiger charge is 2.64. The van der Waals surface area contributed by atoms with Crippen LogP contribution < -0.4 is 10.6 Å². The van der Waals surface area contributed by atoms with Crippen LogP contribution in [-0.2, 0) is 36.6 Å². The molecule has 206 valence electrons. The van der Waals surface area contributed by atoms with Crippen molar-refractivity contribution in [1.82, 2.24) is 10.3 Å². The van der Waals surface area contributed by atoms with Crippen LogP contribution in [0.25, 0.3) is 0 Å². The van der Waals surface area contributed by atoms with Crippen molar-refractivity contribution < 1.29 is 37.9 Å². The molecule has 5 rings (SSSR count). The first kappa shape index (κ1) is 27.0. The molecule has 2 aromatic carbocycles. The number of allylic oxidation sites excluding steroid dienone is 1. The number of aromatic nitrogens is 1. The fourth-order valence-corrected chi connectivity index (χ4v) is 5.54. The first-order valence-corrected chi connectivity index (χ1v) is 13.4. The molecule has 1 saturated heterocycles. The maximum absolute atomic E-state index is 14.1. The average Bonchev–Trinajstić information content (AvgIpc) is 3.69. The van der Waals surface area contributed by atoms with Crippen molar-refractivity contribution in [1.29, 1.82) is 0 Å². The molecule has 0 aliphatic carbocycles. The van der Waals surface area contributed by atoms with Gasteiger partial charge in [0.05, 0.1) is 7.11 Å². The Bertz CT molecular complexity index is 1490. The zero-order valence-electron chi connectivity index (χ0n) is 21.8. The summed E-state index contributed by atoms with van der Waals surface area (Å²) in [5.74, 6) is -1.59. The van der Waals surface area contributed by atoms with E-state index in [9.17, 15) is 19.2 Å². The number of carbonyl (C=O) groups is 4. The number of amides is 4. The lowest BCUT2D eigenvalue weighted by atomic mass is 9.97. The quantitative estimate of drug-likeness (QED) is 0.230. The third-order valence-corrected chi connectivity index (χ3v) is 7.63. The molecule has 0 spiro atoms. The normalized spacial score (nSPS) is 19.1. The van der Waals surface area contributed by atoms with Gasteiger partial charge >= 0.3 is 23.8 Å². The lowest BCUT2D eigenvalue weighted by Crippen LogP contribution is -2.64. The van der Waals surface area contributed by atoms with Gasteiger partial charge in [0.25, 0.3) is 5.91 Å². The number of anilines is 1. The zero-order valence-corrected chi connectivity index (χ0v) is 22.7. The molecule has 1 fully saturated rings. The number of nitrogens with one attached hydrogen (secondary N) is 2. The summed E-state index contributed by atoms with van der Waals surface area (Å²) in [6.07, 6.45) is 0.281. The first-order valence-electron chi connectivity index (χ1n) is 12.5. The Balaban J connectivity index is 1.61. The fourth-order valence-electron chi connectivity index (χ4n) is 4.85. The molecule has 4 amide bonds. The standard InChI is InChI=1S/C28H26N4O7S/c1-17-8-6-7-11-19(17)13-21(24(34)31-27-30-20(15-40-27)26(35)37-2)32(23(33)14-29-28(32)36)25-22(38-16-39-25)12-18-9-4-3-5-10-18/h3-11,15,21H,12-14,16H2,1-2H3,(H-,29,30,31,34,36)/p+1/t21-,32?/m0/s1. The van der Waals surface area contributed by atoms with Crippen LogP contribution in [0.1, 0.15) is 27.2 Å². The Morgan fingerprint density at radius 3 is 2.58 bits per heavy atom. The van der Waals surface area contributed by atoms with Crippen LogP contribution >= 0.6 is 11.3 Å². The highest BCUT2D eigenvalue weighted by atomic mass is 32.1. The number of aryl methyl sites for hydroxylation is 1. The largest absolute Gasteiger partial charge is 0.464 e. The molecule has 11 nitrogen and oxygen atoms in total. The van der Waals surface area contributed by atoms with Crippen LogP contribution in [0.5, 0.6) is 0 Å². The van der Waals surface area contributed by atoms with E-state index < -0.39 is 34.3 Å². The Morgan fingerprint density at radius 2 is 1.88 bits per heavy atom. The molecule has 0 radical (unpaired) electrons. The van der Waals surface area contributed by atoms with E-state index in [1.807, 2.05) is 61.5 Å². The smallest absolute Gasteiger partial charge is 0.433 e. The summed E-state index contributed by atoms with van der Waals surface area (Å²) in [7, 11) is 1.23. The second-order valence-electron chi connectivity index (χ2n) is 9.24. The van der Waals surface area contributed by atoms with E-state index in [4.69, 9.17) is 14.2 Å². The number of ether oxygens (including phenoxy) is 3. The minimum Gasteiger partial charge on any atom is -0.464 e. The summed E-state index contributed by atoms with van der Waals surface area (Å²) >= 11 is 1.02. The maximum atomic E-state index is 14.1. The number of esters is 1. The molecule has 3 aromatic rings. The SMILES string of the molecule is COC(=O)c1csc(NC(=O)[C@H](Cc2ccccc2C)[N+]2(C3=C(Cc4ccccc4)OCO3)C(=O)CNC2=O)n1. The van der Waals surface area contributed by atoms with Crippen molar-refractivity contribution in [3.8, 4) is 0 Å². The summed E-state index contributed by atoms with van der Waals surface area (Å²) in [4.78, 5) is 57.6. The minimum atomic E-state index is -1.29. The fraction of sp³-hybridized carbons (Fsp3) is 0.250. The molecule has 2 aliphatic rings. The molecule has 0 saturated carbocycles. The maximum Gasteiger partial charge on any atom is 0.433 e. The highest BCUT2D eigenvalue weighted by molar-refractivity contribution is 7.14. The second-order valence-corrected chi connectivity index (χ2v) is 10.1. The minimum absolute atomic E-state index is 0.0213. The second kappa shape index (κ2) is 11.3. The van der Waals surface area contributed by atoms with Crippen molar-refractivity contribution in [2.75, 3.05) is 25.8 Å². The Labute approximate surface area is 234 Å². The van der Waals surface area contributed by atoms with Crippen LogP contribution in [0.4, 0.5) is 9.93 Å². The van der Waals surface area contributed by atoms with Gasteiger partial charge in [0.2, 0.25) is 12.6 Å². The molecule has 0 bridgehead atoms. The number of nitrogens with zero attached hydrogens (tertiary/aromatic N) is 2. The van der Waals surface area contributed by atoms with Crippen molar-refractivity contribution >= 4 is 40.3 Å². The predicted molar refractivity (Wildman–Crippen MR) is 144 cm³/mol. The number of imide groups is 1. The number of carbonyl (C=O) groups excluding carboxylic acids is 4. The van der Waals surface area contributed by atoms with Gasteiger partial charge in [-0.25, -0.2) is 19.4 Å². The molecule has 3 heterocycles. The summed E-state index contributed by atoms with van der Waals surface area (Å²) in [5.41, 5.74) is 2.56. The summed E-state index contributed by atoms with van der Waals surface area (Å²) in [6.45, 7) is 1.40. The lowest BCUT2D eigenvalue weighted by molar-refractivity contribution is -0.763. The number of hydrogen-bond acceptors (Lipinski definition) is 9. The van der Waals surface area contributed by atoms with E-state index in [0.717, 1.165) is 28.0 Å². The van der Waals surface area contributed by atoms with Crippen molar-refractivity contribution in [2.45, 2.75) is 25.8 Å². The number of methoxy groups -OCH3 is 1. The third kappa shape index (κ3) is 4.94.